The second kappa shape index (κ2) is 3.70. The highest BCUT2D eigenvalue weighted by Gasteiger charge is 2.44. The Bertz CT molecular complexity index is 212. The van der Waals surface area contributed by atoms with Gasteiger partial charge in [0.15, 0.2) is 0 Å². The monoisotopic (exact) mass is 219 g/mol. The van der Waals surface area contributed by atoms with Crippen LogP contribution in [0.1, 0.15) is 19.3 Å². The Morgan fingerprint density at radius 1 is 1.62 bits per heavy atom. The van der Waals surface area contributed by atoms with Crippen LogP contribution in [0.3, 0.4) is 0 Å². The first kappa shape index (κ1) is 9.66. The van der Waals surface area contributed by atoms with E-state index in [9.17, 15) is 4.79 Å². The van der Waals surface area contributed by atoms with Crippen LogP contribution in [0.25, 0.3) is 0 Å². The van der Waals surface area contributed by atoms with Crippen LogP contribution < -0.4 is 5.32 Å². The minimum Gasteiger partial charge on any atom is -0.349 e. The van der Waals surface area contributed by atoms with Gasteiger partial charge in [0.05, 0.1) is 5.54 Å². The van der Waals surface area contributed by atoms with Crippen molar-refractivity contribution in [2.75, 3.05) is 17.4 Å². The van der Waals surface area contributed by atoms with E-state index in [1.54, 1.807) is 0 Å². The molecule has 0 aromatic heterocycles. The SMILES string of the molecule is O=C(NC1(CCl)CC1)C1CCSC1. The van der Waals surface area contributed by atoms with Crippen molar-refractivity contribution in [1.29, 1.82) is 0 Å². The third kappa shape index (κ3) is 2.13. The molecule has 1 aliphatic carbocycles. The molecule has 4 heteroatoms. The minimum absolute atomic E-state index is 0.0219. The predicted molar refractivity (Wildman–Crippen MR) is 56.3 cm³/mol. The van der Waals surface area contributed by atoms with Crippen molar-refractivity contribution in [3.8, 4) is 0 Å². The molecule has 13 heavy (non-hydrogen) atoms. The molecule has 1 saturated carbocycles. The number of hydrogen-bond donors (Lipinski definition) is 1. The van der Waals surface area contributed by atoms with E-state index < -0.39 is 0 Å². The molecule has 1 atom stereocenters. The zero-order chi connectivity index (χ0) is 9.31. The van der Waals surface area contributed by atoms with Crippen LogP contribution in [0, 0.1) is 5.92 Å². The van der Waals surface area contributed by atoms with E-state index in [1.807, 2.05) is 11.8 Å². The average molecular weight is 220 g/mol. The first-order valence-corrected chi connectivity index (χ1v) is 6.40. The van der Waals surface area contributed by atoms with E-state index in [4.69, 9.17) is 11.6 Å². The van der Waals surface area contributed by atoms with Gasteiger partial charge in [0.25, 0.3) is 0 Å². The molecule has 0 spiro atoms. The summed E-state index contributed by atoms with van der Waals surface area (Å²) in [6, 6.07) is 0. The molecule has 74 valence electrons. The van der Waals surface area contributed by atoms with Crippen molar-refractivity contribution in [3.05, 3.63) is 0 Å². The maximum Gasteiger partial charge on any atom is 0.224 e. The summed E-state index contributed by atoms with van der Waals surface area (Å²) in [5.74, 6) is 3.16. The summed E-state index contributed by atoms with van der Waals surface area (Å²) < 4.78 is 0. The Morgan fingerprint density at radius 3 is 2.85 bits per heavy atom. The van der Waals surface area contributed by atoms with Crippen molar-refractivity contribution in [1.82, 2.24) is 5.32 Å². The third-order valence-electron chi connectivity index (χ3n) is 2.80. The van der Waals surface area contributed by atoms with Crippen LogP contribution in [0.15, 0.2) is 0 Å². The Balaban J connectivity index is 1.84. The molecule has 0 radical (unpaired) electrons. The summed E-state index contributed by atoms with van der Waals surface area (Å²) in [7, 11) is 0. The Morgan fingerprint density at radius 2 is 2.38 bits per heavy atom. The summed E-state index contributed by atoms with van der Waals surface area (Å²) in [5, 5.41) is 3.07. The van der Waals surface area contributed by atoms with Crippen molar-refractivity contribution in [2.24, 2.45) is 5.92 Å². The zero-order valence-electron chi connectivity index (χ0n) is 7.51. The van der Waals surface area contributed by atoms with Crippen LogP contribution in [-0.4, -0.2) is 28.8 Å². The molecule has 2 rings (SSSR count). The van der Waals surface area contributed by atoms with Gasteiger partial charge >= 0.3 is 0 Å². The normalized spacial score (nSPS) is 30.1. The molecule has 1 amide bonds. The number of rotatable bonds is 3. The summed E-state index contributed by atoms with van der Waals surface area (Å²) in [4.78, 5) is 11.7. The molecular formula is C9H14ClNOS. The van der Waals surface area contributed by atoms with Crippen LogP contribution in [0.5, 0.6) is 0 Å². The van der Waals surface area contributed by atoms with Gasteiger partial charge in [0.1, 0.15) is 0 Å². The number of carbonyl (C=O) groups is 1. The molecule has 2 fully saturated rings. The number of nitrogens with one attached hydrogen (secondary N) is 1. The summed E-state index contributed by atoms with van der Waals surface area (Å²) >= 11 is 7.66. The lowest BCUT2D eigenvalue weighted by molar-refractivity contribution is -0.125. The van der Waals surface area contributed by atoms with Gasteiger partial charge in [0, 0.05) is 17.6 Å². The van der Waals surface area contributed by atoms with Crippen LogP contribution in [-0.2, 0) is 4.79 Å². The van der Waals surface area contributed by atoms with Gasteiger partial charge < -0.3 is 5.32 Å². The van der Waals surface area contributed by atoms with E-state index >= 15 is 0 Å². The molecule has 2 nitrogen and oxygen atoms in total. The second-order valence-electron chi connectivity index (χ2n) is 3.96. The Hall–Kier alpha value is 0.110. The lowest BCUT2D eigenvalue weighted by Crippen LogP contribution is -2.41. The summed E-state index contributed by atoms with van der Waals surface area (Å²) in [6.45, 7) is 0. The van der Waals surface area contributed by atoms with Gasteiger partial charge in [0.2, 0.25) is 5.91 Å². The highest BCUT2D eigenvalue weighted by Crippen LogP contribution is 2.37. The van der Waals surface area contributed by atoms with Crippen molar-refractivity contribution in [3.63, 3.8) is 0 Å². The van der Waals surface area contributed by atoms with Crippen LogP contribution >= 0.6 is 23.4 Å². The maximum absolute atomic E-state index is 11.7. The first-order valence-electron chi connectivity index (χ1n) is 4.71. The fourth-order valence-corrected chi connectivity index (χ4v) is 3.10. The summed E-state index contributed by atoms with van der Waals surface area (Å²) in [5.41, 5.74) is -0.0219. The molecule has 2 aliphatic rings. The largest absolute Gasteiger partial charge is 0.349 e. The van der Waals surface area contributed by atoms with E-state index in [2.05, 4.69) is 5.32 Å². The smallest absolute Gasteiger partial charge is 0.224 e. The maximum atomic E-state index is 11.7. The molecule has 1 unspecified atom stereocenters. The van der Waals surface area contributed by atoms with Gasteiger partial charge in [-0.3, -0.25) is 4.79 Å². The number of thioether (sulfide) groups is 1. The quantitative estimate of drug-likeness (QED) is 0.732. The van der Waals surface area contributed by atoms with Gasteiger partial charge in [-0.15, -0.1) is 11.6 Å². The lowest BCUT2D eigenvalue weighted by Gasteiger charge is -2.16. The van der Waals surface area contributed by atoms with Crippen molar-refractivity contribution >= 4 is 29.3 Å². The molecule has 0 bridgehead atoms. The topological polar surface area (TPSA) is 29.1 Å². The number of halogens is 1. The van der Waals surface area contributed by atoms with Crippen molar-refractivity contribution < 1.29 is 4.79 Å². The first-order chi connectivity index (χ1) is 6.26. The van der Waals surface area contributed by atoms with E-state index in [0.29, 0.717) is 5.88 Å². The van der Waals surface area contributed by atoms with Crippen LogP contribution in [0.4, 0.5) is 0 Å². The standard InChI is InChI=1S/C9H14ClNOS/c10-6-9(2-3-9)11-8(12)7-1-4-13-5-7/h7H,1-6H2,(H,11,12). The third-order valence-corrected chi connectivity index (χ3v) is 4.47. The predicted octanol–water partition coefficient (Wildman–Crippen LogP) is 1.63. The fourth-order valence-electron chi connectivity index (χ4n) is 1.55. The number of alkyl halides is 1. The number of amides is 1. The number of hydrogen-bond acceptors (Lipinski definition) is 2. The summed E-state index contributed by atoms with van der Waals surface area (Å²) in [6.07, 6.45) is 3.15. The molecule has 1 aliphatic heterocycles. The minimum atomic E-state index is -0.0219. The van der Waals surface area contributed by atoms with E-state index in [-0.39, 0.29) is 17.4 Å². The number of carbonyl (C=O) groups excluding carboxylic acids is 1. The fraction of sp³-hybridized carbons (Fsp3) is 0.889. The van der Waals surface area contributed by atoms with E-state index in [1.165, 1.54) is 0 Å². The van der Waals surface area contributed by atoms with Gasteiger partial charge in [-0.05, 0) is 25.0 Å². The lowest BCUT2D eigenvalue weighted by atomic mass is 10.1. The molecule has 1 saturated heterocycles. The van der Waals surface area contributed by atoms with E-state index in [0.717, 1.165) is 30.8 Å². The van der Waals surface area contributed by atoms with Gasteiger partial charge in [-0.1, -0.05) is 0 Å². The molecular weight excluding hydrogens is 206 g/mol. The van der Waals surface area contributed by atoms with Gasteiger partial charge in [-0.2, -0.15) is 11.8 Å². The molecule has 0 aromatic carbocycles. The second-order valence-corrected chi connectivity index (χ2v) is 5.38. The van der Waals surface area contributed by atoms with Crippen molar-refractivity contribution in [2.45, 2.75) is 24.8 Å². The molecule has 1 N–H and O–H groups in total. The van der Waals surface area contributed by atoms with Gasteiger partial charge in [-0.25, -0.2) is 0 Å². The zero-order valence-corrected chi connectivity index (χ0v) is 9.09. The highest BCUT2D eigenvalue weighted by atomic mass is 35.5. The molecule has 1 heterocycles. The highest BCUT2D eigenvalue weighted by molar-refractivity contribution is 7.99. The van der Waals surface area contributed by atoms with Crippen LogP contribution in [0.2, 0.25) is 0 Å². The average Bonchev–Trinajstić information content (AvgIpc) is 2.69. The Labute approximate surface area is 87.8 Å². The molecule has 0 aromatic rings. The Kier molecular flexibility index (Phi) is 2.75.